The fourth-order valence-electron chi connectivity index (χ4n) is 2.19. The fourth-order valence-corrected chi connectivity index (χ4v) is 2.62. The zero-order valence-electron chi connectivity index (χ0n) is 11.6. The maximum atomic E-state index is 10.6. The first-order valence-electron chi connectivity index (χ1n) is 6.22. The first-order valence-corrected chi connectivity index (χ1v) is 7.39. The van der Waals surface area contributed by atoms with Crippen molar-refractivity contribution in [2.45, 2.75) is 20.0 Å². The molecule has 0 saturated carbocycles. The van der Waals surface area contributed by atoms with E-state index in [4.69, 9.17) is 16.3 Å². The van der Waals surface area contributed by atoms with Crippen LogP contribution in [0.4, 0.5) is 0 Å². The topological polar surface area (TPSA) is 29.5 Å². The van der Waals surface area contributed by atoms with Crippen LogP contribution in [0.1, 0.15) is 28.4 Å². The summed E-state index contributed by atoms with van der Waals surface area (Å²) in [5.74, 6) is 0.826. The minimum Gasteiger partial charge on any atom is -0.496 e. The summed E-state index contributed by atoms with van der Waals surface area (Å²) in [6.45, 7) is 3.92. The molecular weight excluding hydrogens is 340 g/mol. The molecule has 4 heteroatoms. The zero-order chi connectivity index (χ0) is 14.9. The maximum Gasteiger partial charge on any atom is 0.122 e. The van der Waals surface area contributed by atoms with Gasteiger partial charge in [-0.2, -0.15) is 0 Å². The number of benzene rings is 2. The molecule has 0 heterocycles. The van der Waals surface area contributed by atoms with Gasteiger partial charge in [0.1, 0.15) is 11.9 Å². The molecular formula is C16H16BrClO2. The summed E-state index contributed by atoms with van der Waals surface area (Å²) in [7, 11) is 1.65. The summed E-state index contributed by atoms with van der Waals surface area (Å²) in [5.41, 5.74) is 3.61. The molecule has 2 aromatic carbocycles. The van der Waals surface area contributed by atoms with Crippen LogP contribution < -0.4 is 4.74 Å². The van der Waals surface area contributed by atoms with Gasteiger partial charge in [-0.15, -0.1) is 0 Å². The Bertz CT molecular complexity index is 641. The predicted molar refractivity (Wildman–Crippen MR) is 85.7 cm³/mol. The lowest BCUT2D eigenvalue weighted by molar-refractivity contribution is 0.219. The van der Waals surface area contributed by atoms with Crippen LogP contribution in [0.25, 0.3) is 0 Å². The highest BCUT2D eigenvalue weighted by atomic mass is 79.9. The minimum atomic E-state index is -0.704. The highest BCUT2D eigenvalue weighted by Crippen LogP contribution is 2.32. The number of methoxy groups -OCH3 is 1. The lowest BCUT2D eigenvalue weighted by Crippen LogP contribution is -2.03. The Balaban J connectivity index is 2.45. The van der Waals surface area contributed by atoms with Gasteiger partial charge < -0.3 is 9.84 Å². The lowest BCUT2D eigenvalue weighted by atomic mass is 9.95. The van der Waals surface area contributed by atoms with Crippen molar-refractivity contribution in [2.75, 3.05) is 7.11 Å². The average Bonchev–Trinajstić information content (AvgIpc) is 2.43. The average molecular weight is 356 g/mol. The molecule has 2 rings (SSSR count). The Kier molecular flexibility index (Phi) is 4.74. The van der Waals surface area contributed by atoms with Crippen LogP contribution in [0, 0.1) is 13.8 Å². The molecule has 20 heavy (non-hydrogen) atoms. The molecule has 0 fully saturated rings. The number of aliphatic hydroxyl groups is 1. The standard InChI is InChI=1S/C16H16BrClO2/c1-9-7-15(20-3)10(2)6-12(9)16(19)11-4-5-13(17)14(18)8-11/h4-8,16,19H,1-3H3. The maximum absolute atomic E-state index is 10.6. The van der Waals surface area contributed by atoms with Gasteiger partial charge in [-0.3, -0.25) is 0 Å². The van der Waals surface area contributed by atoms with Crippen LogP contribution >= 0.6 is 27.5 Å². The molecule has 0 saturated heterocycles. The Morgan fingerprint density at radius 3 is 2.45 bits per heavy atom. The molecule has 0 aromatic heterocycles. The predicted octanol–water partition coefficient (Wildman–Crippen LogP) is 4.81. The first kappa shape index (κ1) is 15.4. The smallest absolute Gasteiger partial charge is 0.122 e. The number of aliphatic hydroxyl groups excluding tert-OH is 1. The van der Waals surface area contributed by atoms with E-state index in [0.717, 1.165) is 32.5 Å². The van der Waals surface area contributed by atoms with Gasteiger partial charge in [0.15, 0.2) is 0 Å². The van der Waals surface area contributed by atoms with Crippen molar-refractivity contribution >= 4 is 27.5 Å². The van der Waals surface area contributed by atoms with E-state index in [-0.39, 0.29) is 0 Å². The molecule has 0 amide bonds. The van der Waals surface area contributed by atoms with Crippen LogP contribution in [0.15, 0.2) is 34.8 Å². The van der Waals surface area contributed by atoms with Gasteiger partial charge in [-0.25, -0.2) is 0 Å². The van der Waals surface area contributed by atoms with E-state index in [0.29, 0.717) is 5.02 Å². The third-order valence-corrected chi connectivity index (χ3v) is 4.57. The summed E-state index contributed by atoms with van der Waals surface area (Å²) in [5, 5.41) is 11.1. The van der Waals surface area contributed by atoms with Gasteiger partial charge in [0.05, 0.1) is 12.1 Å². The van der Waals surface area contributed by atoms with Gasteiger partial charge in [0.25, 0.3) is 0 Å². The second-order valence-electron chi connectivity index (χ2n) is 4.75. The van der Waals surface area contributed by atoms with Crippen molar-refractivity contribution < 1.29 is 9.84 Å². The van der Waals surface area contributed by atoms with Crippen LogP contribution in [0.3, 0.4) is 0 Å². The Labute approximate surface area is 132 Å². The Morgan fingerprint density at radius 2 is 1.85 bits per heavy atom. The highest BCUT2D eigenvalue weighted by Gasteiger charge is 2.16. The molecule has 2 aromatic rings. The molecule has 0 aliphatic heterocycles. The summed E-state index contributed by atoms with van der Waals surface area (Å²) >= 11 is 9.44. The number of rotatable bonds is 3. The normalized spacial score (nSPS) is 12.3. The lowest BCUT2D eigenvalue weighted by Gasteiger charge is -2.17. The molecule has 0 aliphatic carbocycles. The van der Waals surface area contributed by atoms with E-state index in [1.807, 2.05) is 38.1 Å². The second-order valence-corrected chi connectivity index (χ2v) is 6.02. The third-order valence-electron chi connectivity index (χ3n) is 3.34. The monoisotopic (exact) mass is 354 g/mol. The first-order chi connectivity index (χ1) is 9.43. The van der Waals surface area contributed by atoms with Gasteiger partial charge in [0.2, 0.25) is 0 Å². The van der Waals surface area contributed by atoms with Crippen molar-refractivity contribution in [1.29, 1.82) is 0 Å². The van der Waals surface area contributed by atoms with Crippen LogP contribution in [0.5, 0.6) is 5.75 Å². The minimum absolute atomic E-state index is 0.587. The van der Waals surface area contributed by atoms with E-state index in [1.165, 1.54) is 0 Å². The number of ether oxygens (including phenoxy) is 1. The molecule has 106 valence electrons. The SMILES string of the molecule is COc1cc(C)c(C(O)c2ccc(Br)c(Cl)c2)cc1C. The summed E-state index contributed by atoms with van der Waals surface area (Å²) in [6.07, 6.45) is -0.704. The second kappa shape index (κ2) is 6.17. The van der Waals surface area contributed by atoms with Crippen molar-refractivity contribution in [3.8, 4) is 5.75 Å². The number of aryl methyl sites for hydroxylation is 2. The van der Waals surface area contributed by atoms with E-state index in [1.54, 1.807) is 13.2 Å². The van der Waals surface area contributed by atoms with Gasteiger partial charge in [-0.05, 0) is 76.3 Å². The van der Waals surface area contributed by atoms with E-state index in [2.05, 4.69) is 15.9 Å². The number of hydrogen-bond acceptors (Lipinski definition) is 2. The third kappa shape index (κ3) is 3.00. The summed E-state index contributed by atoms with van der Waals surface area (Å²) in [4.78, 5) is 0. The van der Waals surface area contributed by atoms with Gasteiger partial charge in [-0.1, -0.05) is 17.7 Å². The molecule has 0 aliphatic rings. The van der Waals surface area contributed by atoms with E-state index >= 15 is 0 Å². The zero-order valence-corrected chi connectivity index (χ0v) is 13.9. The molecule has 0 bridgehead atoms. The van der Waals surface area contributed by atoms with E-state index < -0.39 is 6.10 Å². The van der Waals surface area contributed by atoms with Crippen molar-refractivity contribution in [3.05, 3.63) is 62.1 Å². The molecule has 2 nitrogen and oxygen atoms in total. The highest BCUT2D eigenvalue weighted by molar-refractivity contribution is 9.10. The molecule has 1 N–H and O–H groups in total. The van der Waals surface area contributed by atoms with Crippen LogP contribution in [-0.2, 0) is 0 Å². The molecule has 1 unspecified atom stereocenters. The molecule has 0 radical (unpaired) electrons. The quantitative estimate of drug-likeness (QED) is 0.856. The van der Waals surface area contributed by atoms with E-state index in [9.17, 15) is 5.11 Å². The molecule has 0 spiro atoms. The van der Waals surface area contributed by atoms with Crippen molar-refractivity contribution in [2.24, 2.45) is 0 Å². The number of hydrogen-bond donors (Lipinski definition) is 1. The van der Waals surface area contributed by atoms with Gasteiger partial charge in [0, 0.05) is 4.47 Å². The summed E-state index contributed by atoms with van der Waals surface area (Å²) in [6, 6.07) is 9.37. The number of halogens is 2. The summed E-state index contributed by atoms with van der Waals surface area (Å²) < 4.78 is 6.11. The largest absolute Gasteiger partial charge is 0.496 e. The fraction of sp³-hybridized carbons (Fsp3) is 0.250. The molecule has 1 atom stereocenters. The van der Waals surface area contributed by atoms with Crippen LogP contribution in [0.2, 0.25) is 5.02 Å². The van der Waals surface area contributed by atoms with Gasteiger partial charge >= 0.3 is 0 Å². The van der Waals surface area contributed by atoms with Crippen molar-refractivity contribution in [1.82, 2.24) is 0 Å². The Morgan fingerprint density at radius 1 is 1.15 bits per heavy atom. The van der Waals surface area contributed by atoms with Crippen molar-refractivity contribution in [3.63, 3.8) is 0 Å². The van der Waals surface area contributed by atoms with Crippen LogP contribution in [-0.4, -0.2) is 12.2 Å². The Hall–Kier alpha value is -1.03.